The van der Waals surface area contributed by atoms with Crippen LogP contribution in [0.4, 0.5) is 0 Å². The van der Waals surface area contributed by atoms with Gasteiger partial charge in [0.2, 0.25) is 5.91 Å². The summed E-state index contributed by atoms with van der Waals surface area (Å²) < 4.78 is 5.25. The number of hydrogen-bond acceptors (Lipinski definition) is 3. The molecule has 1 heterocycles. The Bertz CT molecular complexity index is 320. The predicted octanol–water partition coefficient (Wildman–Crippen LogP) is 2.09. The van der Waals surface area contributed by atoms with Crippen LogP contribution >= 0.6 is 0 Å². The van der Waals surface area contributed by atoms with Crippen LogP contribution in [0.15, 0.2) is 22.8 Å². The smallest absolute Gasteiger partial charge is 0.233 e. The van der Waals surface area contributed by atoms with E-state index in [1.54, 1.807) is 6.26 Å². The first-order chi connectivity index (χ1) is 8.09. The fraction of sp³-hybridized carbons (Fsp3) is 0.615. The quantitative estimate of drug-likeness (QED) is 0.764. The summed E-state index contributed by atoms with van der Waals surface area (Å²) in [5, 5.41) is 6.00. The van der Waals surface area contributed by atoms with Crippen LogP contribution in [0.25, 0.3) is 0 Å². The van der Waals surface area contributed by atoms with Crippen LogP contribution in [0.3, 0.4) is 0 Å². The van der Waals surface area contributed by atoms with Crippen molar-refractivity contribution in [3.05, 3.63) is 24.2 Å². The molecule has 17 heavy (non-hydrogen) atoms. The van der Waals surface area contributed by atoms with Crippen molar-refractivity contribution in [1.29, 1.82) is 0 Å². The summed E-state index contributed by atoms with van der Waals surface area (Å²) in [4.78, 5) is 11.5. The Morgan fingerprint density at radius 3 is 2.76 bits per heavy atom. The van der Waals surface area contributed by atoms with Gasteiger partial charge in [0, 0.05) is 6.54 Å². The lowest BCUT2D eigenvalue weighted by Crippen LogP contribution is -2.35. The van der Waals surface area contributed by atoms with Gasteiger partial charge in [0.25, 0.3) is 0 Å². The van der Waals surface area contributed by atoms with Gasteiger partial charge in [0.15, 0.2) is 0 Å². The van der Waals surface area contributed by atoms with Crippen LogP contribution in [0.2, 0.25) is 0 Å². The molecule has 1 aromatic heterocycles. The number of furan rings is 1. The van der Waals surface area contributed by atoms with Gasteiger partial charge in [-0.15, -0.1) is 0 Å². The maximum absolute atomic E-state index is 11.5. The molecule has 0 aliphatic carbocycles. The molecule has 2 N–H and O–H groups in total. The van der Waals surface area contributed by atoms with Crippen molar-refractivity contribution >= 4 is 5.91 Å². The topological polar surface area (TPSA) is 54.3 Å². The van der Waals surface area contributed by atoms with Gasteiger partial charge in [-0.05, 0) is 31.4 Å². The molecule has 0 saturated carbocycles. The van der Waals surface area contributed by atoms with Crippen molar-refractivity contribution in [3.8, 4) is 0 Å². The zero-order valence-electron chi connectivity index (χ0n) is 10.8. The van der Waals surface area contributed by atoms with Gasteiger partial charge >= 0.3 is 0 Å². The Labute approximate surface area is 103 Å². The first-order valence-electron chi connectivity index (χ1n) is 6.13. The van der Waals surface area contributed by atoms with Crippen molar-refractivity contribution in [2.24, 2.45) is 5.92 Å². The van der Waals surface area contributed by atoms with E-state index in [-0.39, 0.29) is 11.9 Å². The average Bonchev–Trinajstić information content (AvgIpc) is 2.78. The van der Waals surface area contributed by atoms with E-state index in [0.29, 0.717) is 12.5 Å². The Morgan fingerprint density at radius 2 is 2.18 bits per heavy atom. The molecule has 4 heteroatoms. The van der Waals surface area contributed by atoms with Crippen LogP contribution < -0.4 is 10.6 Å². The van der Waals surface area contributed by atoms with Crippen LogP contribution in [-0.2, 0) is 4.79 Å². The molecule has 0 fully saturated rings. The molecule has 4 nitrogen and oxygen atoms in total. The SMILES string of the molecule is CC(C)CCNC(=O)CN[C@H](C)c1ccco1. The second kappa shape index (κ2) is 7.12. The fourth-order valence-electron chi connectivity index (χ4n) is 1.45. The van der Waals surface area contributed by atoms with Crippen molar-refractivity contribution in [2.45, 2.75) is 33.2 Å². The average molecular weight is 238 g/mol. The number of carbonyl (C=O) groups excluding carboxylic acids is 1. The fourth-order valence-corrected chi connectivity index (χ4v) is 1.45. The zero-order chi connectivity index (χ0) is 12.7. The molecular weight excluding hydrogens is 216 g/mol. The standard InChI is InChI=1S/C13H22N2O2/c1-10(2)6-7-14-13(16)9-15-11(3)12-5-4-8-17-12/h4-5,8,10-11,15H,6-7,9H2,1-3H3,(H,14,16)/t11-/m1/s1. The van der Waals surface area contributed by atoms with Gasteiger partial charge in [0.1, 0.15) is 5.76 Å². The highest BCUT2D eigenvalue weighted by atomic mass is 16.3. The molecule has 0 aliphatic heterocycles. The van der Waals surface area contributed by atoms with E-state index in [0.717, 1.165) is 18.7 Å². The van der Waals surface area contributed by atoms with Gasteiger partial charge in [-0.2, -0.15) is 0 Å². The van der Waals surface area contributed by atoms with E-state index in [1.165, 1.54) is 0 Å². The van der Waals surface area contributed by atoms with E-state index in [1.807, 2.05) is 19.1 Å². The lowest BCUT2D eigenvalue weighted by atomic mass is 10.1. The van der Waals surface area contributed by atoms with Crippen LogP contribution in [-0.4, -0.2) is 19.0 Å². The third-order valence-corrected chi connectivity index (χ3v) is 2.58. The van der Waals surface area contributed by atoms with Gasteiger partial charge in [0.05, 0.1) is 18.8 Å². The van der Waals surface area contributed by atoms with Gasteiger partial charge < -0.3 is 9.73 Å². The van der Waals surface area contributed by atoms with Crippen molar-refractivity contribution in [3.63, 3.8) is 0 Å². The molecule has 0 radical (unpaired) electrons. The van der Waals surface area contributed by atoms with E-state index >= 15 is 0 Å². The molecule has 0 spiro atoms. The second-order valence-corrected chi connectivity index (χ2v) is 4.65. The number of rotatable bonds is 7. The molecule has 0 bridgehead atoms. The summed E-state index contributed by atoms with van der Waals surface area (Å²) in [6, 6.07) is 3.80. The molecule has 1 atom stereocenters. The molecule has 96 valence electrons. The Morgan fingerprint density at radius 1 is 1.41 bits per heavy atom. The Kier molecular flexibility index (Phi) is 5.77. The van der Waals surface area contributed by atoms with Gasteiger partial charge in [-0.3, -0.25) is 10.1 Å². The van der Waals surface area contributed by atoms with E-state index in [4.69, 9.17) is 4.42 Å². The second-order valence-electron chi connectivity index (χ2n) is 4.65. The summed E-state index contributed by atoms with van der Waals surface area (Å²) >= 11 is 0. The molecule has 1 amide bonds. The van der Waals surface area contributed by atoms with Crippen molar-refractivity contribution in [1.82, 2.24) is 10.6 Å². The summed E-state index contributed by atoms with van der Waals surface area (Å²) in [6.45, 7) is 7.32. The summed E-state index contributed by atoms with van der Waals surface area (Å²) in [7, 11) is 0. The number of carbonyl (C=O) groups is 1. The molecule has 1 aromatic rings. The van der Waals surface area contributed by atoms with Crippen LogP contribution in [0.1, 0.15) is 39.0 Å². The maximum Gasteiger partial charge on any atom is 0.233 e. The van der Waals surface area contributed by atoms with E-state index in [2.05, 4.69) is 24.5 Å². The largest absolute Gasteiger partial charge is 0.468 e. The molecule has 0 unspecified atom stereocenters. The van der Waals surface area contributed by atoms with E-state index in [9.17, 15) is 4.79 Å². The number of nitrogens with one attached hydrogen (secondary N) is 2. The van der Waals surface area contributed by atoms with Gasteiger partial charge in [-0.25, -0.2) is 0 Å². The Hall–Kier alpha value is -1.29. The summed E-state index contributed by atoms with van der Waals surface area (Å²) in [5.74, 6) is 1.49. The lowest BCUT2D eigenvalue weighted by Gasteiger charge is -2.11. The monoisotopic (exact) mass is 238 g/mol. The van der Waals surface area contributed by atoms with Crippen molar-refractivity contribution < 1.29 is 9.21 Å². The minimum absolute atomic E-state index is 0.0315. The predicted molar refractivity (Wildman–Crippen MR) is 67.6 cm³/mol. The summed E-state index contributed by atoms with van der Waals surface area (Å²) in [5.41, 5.74) is 0. The highest BCUT2D eigenvalue weighted by Gasteiger charge is 2.09. The molecular formula is C13H22N2O2. The third-order valence-electron chi connectivity index (χ3n) is 2.58. The van der Waals surface area contributed by atoms with Gasteiger partial charge in [-0.1, -0.05) is 13.8 Å². The maximum atomic E-state index is 11.5. The molecule has 0 aliphatic rings. The normalized spacial score (nSPS) is 12.7. The third kappa shape index (κ3) is 5.54. The molecule has 0 saturated heterocycles. The zero-order valence-corrected chi connectivity index (χ0v) is 10.8. The van der Waals surface area contributed by atoms with Crippen LogP contribution in [0.5, 0.6) is 0 Å². The Balaban J connectivity index is 2.15. The first kappa shape index (κ1) is 13.8. The first-order valence-corrected chi connectivity index (χ1v) is 6.13. The highest BCUT2D eigenvalue weighted by molar-refractivity contribution is 5.77. The van der Waals surface area contributed by atoms with E-state index < -0.39 is 0 Å². The minimum atomic E-state index is 0.0315. The molecule has 1 rings (SSSR count). The minimum Gasteiger partial charge on any atom is -0.468 e. The summed E-state index contributed by atoms with van der Waals surface area (Å²) in [6.07, 6.45) is 2.65. The van der Waals surface area contributed by atoms with Crippen LogP contribution in [0, 0.1) is 5.92 Å². The van der Waals surface area contributed by atoms with Crippen molar-refractivity contribution in [2.75, 3.05) is 13.1 Å². The highest BCUT2D eigenvalue weighted by Crippen LogP contribution is 2.11. The lowest BCUT2D eigenvalue weighted by molar-refractivity contribution is -0.120. The molecule has 0 aromatic carbocycles. The number of amides is 1. The number of hydrogen-bond donors (Lipinski definition) is 2.